The third-order valence-corrected chi connectivity index (χ3v) is 3.89. The maximum absolute atomic E-state index is 12.2. The number of nitrogen functional groups attached to an aromatic ring is 1. The molecule has 4 N–H and O–H groups in total. The van der Waals surface area contributed by atoms with Gasteiger partial charge in [-0.05, 0) is 37.5 Å². The molecule has 0 heterocycles. The molecule has 0 atom stereocenters. The van der Waals surface area contributed by atoms with E-state index in [2.05, 4.69) is 10.7 Å². The SMILES string of the molecule is COC1(CNC(=O)c2cc(Cl)ccc2NN)CCC1. The predicted molar refractivity (Wildman–Crippen MR) is 75.2 cm³/mol. The summed E-state index contributed by atoms with van der Waals surface area (Å²) in [5.41, 5.74) is 3.26. The van der Waals surface area contributed by atoms with Crippen molar-refractivity contribution in [2.75, 3.05) is 19.1 Å². The lowest BCUT2D eigenvalue weighted by atomic mass is 9.80. The van der Waals surface area contributed by atoms with Gasteiger partial charge in [0, 0.05) is 18.7 Å². The molecule has 0 aromatic heterocycles. The van der Waals surface area contributed by atoms with Crippen LogP contribution in [0.3, 0.4) is 0 Å². The van der Waals surface area contributed by atoms with Crippen molar-refractivity contribution in [3.63, 3.8) is 0 Å². The molecule has 1 saturated carbocycles. The topological polar surface area (TPSA) is 76.4 Å². The van der Waals surface area contributed by atoms with Crippen molar-refractivity contribution in [2.24, 2.45) is 5.84 Å². The van der Waals surface area contributed by atoms with Gasteiger partial charge in [-0.3, -0.25) is 10.6 Å². The average molecular weight is 284 g/mol. The lowest BCUT2D eigenvalue weighted by Gasteiger charge is -2.40. The maximum Gasteiger partial charge on any atom is 0.253 e. The van der Waals surface area contributed by atoms with E-state index >= 15 is 0 Å². The van der Waals surface area contributed by atoms with Crippen LogP contribution < -0.4 is 16.6 Å². The van der Waals surface area contributed by atoms with E-state index in [1.165, 1.54) is 0 Å². The van der Waals surface area contributed by atoms with E-state index in [9.17, 15) is 4.79 Å². The smallest absolute Gasteiger partial charge is 0.253 e. The predicted octanol–water partition coefficient (Wildman–Crippen LogP) is 1.92. The lowest BCUT2D eigenvalue weighted by molar-refractivity contribution is -0.0679. The van der Waals surface area contributed by atoms with Crippen LogP contribution in [0.4, 0.5) is 5.69 Å². The lowest BCUT2D eigenvalue weighted by Crippen LogP contribution is -2.49. The number of halogens is 1. The molecule has 1 fully saturated rings. The number of hydrazine groups is 1. The normalized spacial score (nSPS) is 16.6. The van der Waals surface area contributed by atoms with Crippen LogP contribution in [0.1, 0.15) is 29.6 Å². The molecule has 2 rings (SSSR count). The number of hydrogen-bond donors (Lipinski definition) is 3. The van der Waals surface area contributed by atoms with Crippen LogP contribution in [0.15, 0.2) is 18.2 Å². The minimum Gasteiger partial charge on any atom is -0.376 e. The van der Waals surface area contributed by atoms with E-state index in [0.29, 0.717) is 22.8 Å². The molecular weight excluding hydrogens is 266 g/mol. The highest BCUT2D eigenvalue weighted by molar-refractivity contribution is 6.31. The fourth-order valence-corrected chi connectivity index (χ4v) is 2.36. The molecule has 0 saturated heterocycles. The summed E-state index contributed by atoms with van der Waals surface area (Å²) in [6, 6.07) is 4.94. The second-order valence-electron chi connectivity index (χ2n) is 4.76. The van der Waals surface area contributed by atoms with Crippen molar-refractivity contribution >= 4 is 23.2 Å². The first-order valence-corrected chi connectivity index (χ1v) is 6.57. The van der Waals surface area contributed by atoms with Gasteiger partial charge >= 0.3 is 0 Å². The van der Waals surface area contributed by atoms with Gasteiger partial charge in [0.1, 0.15) is 0 Å². The van der Waals surface area contributed by atoms with Crippen LogP contribution >= 0.6 is 11.6 Å². The third-order valence-electron chi connectivity index (χ3n) is 3.65. The van der Waals surface area contributed by atoms with Crippen LogP contribution in [0.5, 0.6) is 0 Å². The zero-order valence-corrected chi connectivity index (χ0v) is 11.6. The molecule has 1 amide bonds. The first-order valence-electron chi connectivity index (χ1n) is 6.20. The van der Waals surface area contributed by atoms with Gasteiger partial charge < -0.3 is 15.5 Å². The molecule has 0 spiro atoms. The number of benzene rings is 1. The van der Waals surface area contributed by atoms with Gasteiger partial charge in [-0.1, -0.05) is 11.6 Å². The summed E-state index contributed by atoms with van der Waals surface area (Å²) < 4.78 is 5.46. The first-order chi connectivity index (χ1) is 9.10. The highest BCUT2D eigenvalue weighted by Gasteiger charge is 2.37. The van der Waals surface area contributed by atoms with Crippen LogP contribution in [0, 0.1) is 0 Å². The summed E-state index contributed by atoms with van der Waals surface area (Å²) in [7, 11) is 1.68. The van der Waals surface area contributed by atoms with Crippen molar-refractivity contribution < 1.29 is 9.53 Å². The van der Waals surface area contributed by atoms with Crippen molar-refractivity contribution in [3.8, 4) is 0 Å². The van der Waals surface area contributed by atoms with Crippen LogP contribution in [0.2, 0.25) is 5.02 Å². The Bertz CT molecular complexity index is 469. The molecule has 0 bridgehead atoms. The highest BCUT2D eigenvalue weighted by Crippen LogP contribution is 2.34. The van der Waals surface area contributed by atoms with E-state index in [1.54, 1.807) is 25.3 Å². The van der Waals surface area contributed by atoms with E-state index in [0.717, 1.165) is 19.3 Å². The molecule has 0 unspecified atom stereocenters. The zero-order chi connectivity index (χ0) is 13.9. The standard InChI is InChI=1S/C13H18ClN3O2/c1-19-13(5-2-6-13)8-16-12(18)10-7-9(14)3-4-11(10)17-15/h3-4,7,17H,2,5-6,8,15H2,1H3,(H,16,18). The Morgan fingerprint density at radius 1 is 1.53 bits per heavy atom. The molecular formula is C13H18ClN3O2. The van der Waals surface area contributed by atoms with Gasteiger partial charge in [-0.25, -0.2) is 0 Å². The Kier molecular flexibility index (Phi) is 4.29. The number of hydrogen-bond acceptors (Lipinski definition) is 4. The Morgan fingerprint density at radius 2 is 2.26 bits per heavy atom. The Labute approximate surface area is 117 Å². The summed E-state index contributed by atoms with van der Waals surface area (Å²) in [6.07, 6.45) is 3.08. The molecule has 1 aromatic rings. The number of nitrogens with two attached hydrogens (primary N) is 1. The van der Waals surface area contributed by atoms with Gasteiger partial charge in [0.05, 0.1) is 16.9 Å². The summed E-state index contributed by atoms with van der Waals surface area (Å²) >= 11 is 5.90. The fourth-order valence-electron chi connectivity index (χ4n) is 2.19. The van der Waals surface area contributed by atoms with Crippen LogP contribution in [-0.4, -0.2) is 25.2 Å². The van der Waals surface area contributed by atoms with Crippen LogP contribution in [0.25, 0.3) is 0 Å². The van der Waals surface area contributed by atoms with Crippen molar-refractivity contribution in [1.82, 2.24) is 5.32 Å². The second kappa shape index (κ2) is 5.77. The fraction of sp³-hybridized carbons (Fsp3) is 0.462. The third kappa shape index (κ3) is 3.00. The minimum atomic E-state index is -0.209. The quantitative estimate of drug-likeness (QED) is 0.570. The second-order valence-corrected chi connectivity index (χ2v) is 5.19. The number of anilines is 1. The molecule has 6 heteroatoms. The molecule has 19 heavy (non-hydrogen) atoms. The summed E-state index contributed by atoms with van der Waals surface area (Å²) in [5, 5.41) is 3.37. The highest BCUT2D eigenvalue weighted by atomic mass is 35.5. The number of rotatable bonds is 5. The van der Waals surface area contributed by atoms with Crippen molar-refractivity contribution in [3.05, 3.63) is 28.8 Å². The molecule has 0 radical (unpaired) electrons. The summed E-state index contributed by atoms with van der Waals surface area (Å²) in [5.74, 6) is 5.18. The number of methoxy groups -OCH3 is 1. The van der Waals surface area contributed by atoms with Crippen molar-refractivity contribution in [1.29, 1.82) is 0 Å². The number of nitrogens with one attached hydrogen (secondary N) is 2. The molecule has 0 aliphatic heterocycles. The Hall–Kier alpha value is -1.30. The number of carbonyl (C=O) groups excluding carboxylic acids is 1. The van der Waals surface area contributed by atoms with Crippen LogP contribution in [-0.2, 0) is 4.74 Å². The van der Waals surface area contributed by atoms with E-state index < -0.39 is 0 Å². The van der Waals surface area contributed by atoms with Crippen molar-refractivity contribution in [2.45, 2.75) is 24.9 Å². The number of carbonyl (C=O) groups is 1. The van der Waals surface area contributed by atoms with E-state index in [4.69, 9.17) is 22.2 Å². The number of amides is 1. The maximum atomic E-state index is 12.2. The number of ether oxygens (including phenoxy) is 1. The molecule has 5 nitrogen and oxygen atoms in total. The van der Waals surface area contributed by atoms with E-state index in [-0.39, 0.29) is 11.5 Å². The van der Waals surface area contributed by atoms with Gasteiger partial charge in [-0.15, -0.1) is 0 Å². The minimum absolute atomic E-state index is 0.204. The summed E-state index contributed by atoms with van der Waals surface area (Å²) in [4.78, 5) is 12.2. The average Bonchev–Trinajstić information content (AvgIpc) is 2.37. The zero-order valence-electron chi connectivity index (χ0n) is 10.8. The Morgan fingerprint density at radius 3 is 2.79 bits per heavy atom. The van der Waals surface area contributed by atoms with Gasteiger partial charge in [-0.2, -0.15) is 0 Å². The monoisotopic (exact) mass is 283 g/mol. The molecule has 1 aliphatic rings. The summed E-state index contributed by atoms with van der Waals surface area (Å²) in [6.45, 7) is 0.499. The molecule has 1 aliphatic carbocycles. The van der Waals surface area contributed by atoms with E-state index in [1.807, 2.05) is 0 Å². The molecule has 104 valence electrons. The van der Waals surface area contributed by atoms with Gasteiger partial charge in [0.25, 0.3) is 5.91 Å². The first kappa shape index (κ1) is 14.1. The Balaban J connectivity index is 2.05. The molecule has 1 aromatic carbocycles. The largest absolute Gasteiger partial charge is 0.376 e. The van der Waals surface area contributed by atoms with Gasteiger partial charge in [0.2, 0.25) is 0 Å². The van der Waals surface area contributed by atoms with Gasteiger partial charge in [0.15, 0.2) is 0 Å².